The van der Waals surface area contributed by atoms with Crippen LogP contribution in [-0.2, 0) is 14.3 Å². The second-order valence-electron chi connectivity index (χ2n) is 7.43. The van der Waals surface area contributed by atoms with E-state index in [-0.39, 0.29) is 36.3 Å². The topological polar surface area (TPSA) is 79.0 Å². The molecule has 3 rings (SSSR count). The molecular formula is C21H29N3O4. The number of methoxy groups -OCH3 is 1. The predicted molar refractivity (Wildman–Crippen MR) is 105 cm³/mol. The molecule has 1 aliphatic carbocycles. The quantitative estimate of drug-likeness (QED) is 0.848. The monoisotopic (exact) mass is 387 g/mol. The van der Waals surface area contributed by atoms with Crippen LogP contribution in [0.4, 0.5) is 0 Å². The van der Waals surface area contributed by atoms with Gasteiger partial charge in [0.05, 0.1) is 5.92 Å². The molecule has 2 aliphatic rings. The summed E-state index contributed by atoms with van der Waals surface area (Å²) in [6.45, 7) is 1.67. The van der Waals surface area contributed by atoms with Gasteiger partial charge < -0.3 is 19.9 Å². The highest BCUT2D eigenvalue weighted by Crippen LogP contribution is 2.29. The Hall–Kier alpha value is -2.41. The molecule has 1 saturated heterocycles. The van der Waals surface area contributed by atoms with Gasteiger partial charge in [-0.2, -0.15) is 0 Å². The Kier molecular flexibility index (Phi) is 7.03. The lowest BCUT2D eigenvalue weighted by Gasteiger charge is -2.41. The van der Waals surface area contributed by atoms with Gasteiger partial charge in [-0.1, -0.05) is 31.0 Å². The van der Waals surface area contributed by atoms with Gasteiger partial charge in [0.1, 0.15) is 6.61 Å². The van der Waals surface area contributed by atoms with Crippen LogP contribution in [-0.4, -0.2) is 73.5 Å². The predicted octanol–water partition coefficient (Wildman–Crippen LogP) is 1.29. The normalized spacial score (nSPS) is 23.5. The lowest BCUT2D eigenvalue weighted by molar-refractivity contribution is -0.142. The number of amides is 3. The summed E-state index contributed by atoms with van der Waals surface area (Å²) in [5, 5.41) is 2.98. The molecule has 1 N–H and O–H groups in total. The van der Waals surface area contributed by atoms with E-state index in [1.54, 1.807) is 21.9 Å². The van der Waals surface area contributed by atoms with Crippen molar-refractivity contribution in [3.8, 4) is 0 Å². The Morgan fingerprint density at radius 3 is 2.61 bits per heavy atom. The highest BCUT2D eigenvalue weighted by molar-refractivity contribution is 5.94. The Morgan fingerprint density at radius 1 is 1.11 bits per heavy atom. The van der Waals surface area contributed by atoms with E-state index in [1.807, 2.05) is 18.2 Å². The van der Waals surface area contributed by atoms with Gasteiger partial charge in [0, 0.05) is 44.9 Å². The van der Waals surface area contributed by atoms with Crippen molar-refractivity contribution in [3.63, 3.8) is 0 Å². The SMILES string of the molecule is COCC(=O)N1CCN(C(=O)c2ccccc2)CCNC(=O)C2CCCCC21. The first-order chi connectivity index (χ1) is 13.6. The van der Waals surface area contributed by atoms with E-state index in [0.29, 0.717) is 31.7 Å². The van der Waals surface area contributed by atoms with Crippen LogP contribution >= 0.6 is 0 Å². The van der Waals surface area contributed by atoms with Crippen molar-refractivity contribution in [2.45, 2.75) is 31.7 Å². The van der Waals surface area contributed by atoms with Gasteiger partial charge in [0.25, 0.3) is 5.91 Å². The first kappa shape index (κ1) is 20.3. The maximum atomic E-state index is 12.9. The van der Waals surface area contributed by atoms with E-state index in [9.17, 15) is 14.4 Å². The molecule has 2 atom stereocenters. The van der Waals surface area contributed by atoms with Crippen molar-refractivity contribution in [1.29, 1.82) is 0 Å². The minimum absolute atomic E-state index is 0.0164. The van der Waals surface area contributed by atoms with Crippen LogP contribution in [0.1, 0.15) is 36.0 Å². The molecule has 1 heterocycles. The van der Waals surface area contributed by atoms with Crippen molar-refractivity contribution >= 4 is 17.7 Å². The standard InChI is InChI=1S/C21H29N3O4/c1-28-15-19(25)24-14-13-23(21(27)16-7-3-2-4-8-16)12-11-22-20(26)17-9-5-6-10-18(17)24/h2-4,7-8,17-18H,5-6,9-15H2,1H3,(H,22,26). The molecule has 7 nitrogen and oxygen atoms in total. The van der Waals surface area contributed by atoms with Gasteiger partial charge in [0.2, 0.25) is 11.8 Å². The largest absolute Gasteiger partial charge is 0.375 e. The maximum absolute atomic E-state index is 12.9. The lowest BCUT2D eigenvalue weighted by atomic mass is 9.82. The fourth-order valence-corrected chi connectivity index (χ4v) is 4.22. The molecule has 28 heavy (non-hydrogen) atoms. The van der Waals surface area contributed by atoms with Crippen molar-refractivity contribution in [2.24, 2.45) is 5.92 Å². The van der Waals surface area contributed by atoms with Gasteiger partial charge in [0.15, 0.2) is 0 Å². The van der Waals surface area contributed by atoms with Crippen molar-refractivity contribution in [2.75, 3.05) is 39.9 Å². The second-order valence-corrected chi connectivity index (χ2v) is 7.43. The van der Waals surface area contributed by atoms with Gasteiger partial charge >= 0.3 is 0 Å². The third-order valence-corrected chi connectivity index (χ3v) is 5.65. The molecule has 1 aliphatic heterocycles. The van der Waals surface area contributed by atoms with E-state index < -0.39 is 0 Å². The maximum Gasteiger partial charge on any atom is 0.253 e. The minimum atomic E-state index is -0.189. The molecule has 2 fully saturated rings. The molecule has 0 spiro atoms. The fourth-order valence-electron chi connectivity index (χ4n) is 4.22. The van der Waals surface area contributed by atoms with Crippen LogP contribution in [0.15, 0.2) is 30.3 Å². The Labute approximate surface area is 166 Å². The van der Waals surface area contributed by atoms with E-state index in [1.165, 1.54) is 7.11 Å². The Bertz CT molecular complexity index is 694. The summed E-state index contributed by atoms with van der Waals surface area (Å²) < 4.78 is 5.06. The smallest absolute Gasteiger partial charge is 0.253 e. The molecule has 152 valence electrons. The zero-order valence-electron chi connectivity index (χ0n) is 16.4. The highest BCUT2D eigenvalue weighted by Gasteiger charge is 2.37. The number of fused-ring (bicyclic) bond motifs is 1. The Balaban J connectivity index is 1.82. The molecule has 2 unspecified atom stereocenters. The molecular weight excluding hydrogens is 358 g/mol. The molecule has 0 bridgehead atoms. The van der Waals surface area contributed by atoms with Gasteiger partial charge in [-0.25, -0.2) is 0 Å². The average Bonchev–Trinajstić information content (AvgIpc) is 2.73. The van der Waals surface area contributed by atoms with E-state index in [0.717, 1.165) is 25.7 Å². The second kappa shape index (κ2) is 9.68. The third kappa shape index (κ3) is 4.70. The molecule has 1 saturated carbocycles. The summed E-state index contributed by atoms with van der Waals surface area (Å²) in [7, 11) is 1.50. The van der Waals surface area contributed by atoms with Crippen LogP contribution < -0.4 is 5.32 Å². The van der Waals surface area contributed by atoms with Gasteiger partial charge in [-0.3, -0.25) is 14.4 Å². The molecule has 1 aromatic rings. The number of benzene rings is 1. The number of rotatable bonds is 3. The number of hydrogen-bond acceptors (Lipinski definition) is 4. The van der Waals surface area contributed by atoms with Crippen molar-refractivity contribution in [3.05, 3.63) is 35.9 Å². The zero-order valence-corrected chi connectivity index (χ0v) is 16.4. The van der Waals surface area contributed by atoms with Crippen molar-refractivity contribution in [1.82, 2.24) is 15.1 Å². The number of hydrogen-bond donors (Lipinski definition) is 1. The summed E-state index contributed by atoms with van der Waals surface area (Å²) in [6.07, 6.45) is 3.59. The number of nitrogens with one attached hydrogen (secondary N) is 1. The van der Waals surface area contributed by atoms with Gasteiger partial charge in [-0.15, -0.1) is 0 Å². The van der Waals surface area contributed by atoms with Gasteiger partial charge in [-0.05, 0) is 25.0 Å². The van der Waals surface area contributed by atoms with Crippen LogP contribution in [0.2, 0.25) is 0 Å². The number of carbonyl (C=O) groups is 3. The Morgan fingerprint density at radius 2 is 1.86 bits per heavy atom. The fraction of sp³-hybridized carbons (Fsp3) is 0.571. The number of nitrogens with zero attached hydrogens (tertiary/aromatic N) is 2. The summed E-state index contributed by atoms with van der Waals surface area (Å²) in [4.78, 5) is 41.9. The van der Waals surface area contributed by atoms with Crippen LogP contribution in [0.25, 0.3) is 0 Å². The average molecular weight is 387 g/mol. The molecule has 7 heteroatoms. The van der Waals surface area contributed by atoms with Crippen LogP contribution in [0, 0.1) is 5.92 Å². The first-order valence-corrected chi connectivity index (χ1v) is 10.0. The van der Waals surface area contributed by atoms with Crippen LogP contribution in [0.5, 0.6) is 0 Å². The molecule has 0 radical (unpaired) electrons. The summed E-state index contributed by atoms with van der Waals surface area (Å²) in [5.41, 5.74) is 0.608. The molecule has 1 aromatic carbocycles. The molecule has 3 amide bonds. The first-order valence-electron chi connectivity index (χ1n) is 10.0. The number of carbonyl (C=O) groups excluding carboxylic acids is 3. The van der Waals surface area contributed by atoms with E-state index in [4.69, 9.17) is 4.74 Å². The summed E-state index contributed by atoms with van der Waals surface area (Å²) >= 11 is 0. The minimum Gasteiger partial charge on any atom is -0.375 e. The summed E-state index contributed by atoms with van der Waals surface area (Å²) in [5.74, 6) is -0.422. The zero-order chi connectivity index (χ0) is 19.9. The van der Waals surface area contributed by atoms with E-state index in [2.05, 4.69) is 5.32 Å². The highest BCUT2D eigenvalue weighted by atomic mass is 16.5. The lowest BCUT2D eigenvalue weighted by Crippen LogP contribution is -2.56. The van der Waals surface area contributed by atoms with E-state index >= 15 is 0 Å². The van der Waals surface area contributed by atoms with Crippen molar-refractivity contribution < 1.29 is 19.1 Å². The van der Waals surface area contributed by atoms with Crippen LogP contribution in [0.3, 0.4) is 0 Å². The summed E-state index contributed by atoms with van der Waals surface area (Å²) in [6, 6.07) is 8.96. The third-order valence-electron chi connectivity index (χ3n) is 5.65. The molecule has 0 aromatic heterocycles. The number of ether oxygens (including phenoxy) is 1.